The molecule has 3 heterocycles. The molecular formula is C28H28F3N5O3. The van der Waals surface area contributed by atoms with Crippen LogP contribution < -0.4 is 4.74 Å². The van der Waals surface area contributed by atoms with Crippen LogP contribution in [0.5, 0.6) is 5.75 Å². The van der Waals surface area contributed by atoms with Crippen LogP contribution in [0.3, 0.4) is 0 Å². The number of nitrogens with zero attached hydrogens (tertiary/aromatic N) is 5. The van der Waals surface area contributed by atoms with E-state index in [0.717, 1.165) is 17.8 Å². The van der Waals surface area contributed by atoms with E-state index < -0.39 is 17.8 Å². The van der Waals surface area contributed by atoms with Gasteiger partial charge in [0.15, 0.2) is 11.3 Å². The van der Waals surface area contributed by atoms with Gasteiger partial charge < -0.3 is 14.7 Å². The first kappa shape index (κ1) is 26.6. The molecule has 0 radical (unpaired) electrons. The highest BCUT2D eigenvalue weighted by Crippen LogP contribution is 2.34. The number of alkyl halides is 3. The Morgan fingerprint density at radius 3 is 2.46 bits per heavy atom. The van der Waals surface area contributed by atoms with Crippen LogP contribution in [0.2, 0.25) is 0 Å². The number of aromatic nitrogens is 3. The molecule has 1 N–H and O–H groups in total. The minimum absolute atomic E-state index is 0.00192. The zero-order valence-electron chi connectivity index (χ0n) is 21.5. The highest BCUT2D eigenvalue weighted by Gasteiger charge is 2.37. The standard InChI is InChI=1S/C28H28F3N5O3/c1-18-16-34(24(17-37)20-6-4-3-5-7-20)12-13-35(18)27(38)22-15-32-36-25(28(29,30)31)14-23(33-26(22)36)19-8-10-21(39-2)11-9-19/h3-11,14-15,18,24,37H,12-13,16-17H2,1-2H3/t18-,24+/m1/s1. The fourth-order valence-electron chi connectivity index (χ4n) is 5.06. The number of amides is 1. The molecule has 1 saturated heterocycles. The highest BCUT2D eigenvalue weighted by molar-refractivity contribution is 6.00. The van der Waals surface area contributed by atoms with Gasteiger partial charge in [-0.2, -0.15) is 18.3 Å². The maximum absolute atomic E-state index is 14.0. The normalized spacial score (nSPS) is 17.4. The Hall–Kier alpha value is -3.96. The molecule has 1 amide bonds. The van der Waals surface area contributed by atoms with E-state index in [4.69, 9.17) is 4.74 Å². The van der Waals surface area contributed by atoms with Crippen molar-refractivity contribution in [2.75, 3.05) is 33.4 Å². The Labute approximate surface area is 223 Å². The van der Waals surface area contributed by atoms with Gasteiger partial charge in [0, 0.05) is 31.2 Å². The number of hydrogen-bond donors (Lipinski definition) is 1. The summed E-state index contributed by atoms with van der Waals surface area (Å²) < 4.78 is 47.9. The van der Waals surface area contributed by atoms with E-state index in [0.29, 0.717) is 35.5 Å². The van der Waals surface area contributed by atoms with Crippen molar-refractivity contribution in [3.05, 3.63) is 83.7 Å². The van der Waals surface area contributed by atoms with Crippen molar-refractivity contribution < 1.29 is 27.8 Å². The summed E-state index contributed by atoms with van der Waals surface area (Å²) in [6.45, 7) is 3.13. The number of benzene rings is 2. The second kappa shape index (κ2) is 10.7. The molecule has 4 aromatic rings. The highest BCUT2D eigenvalue weighted by atomic mass is 19.4. The van der Waals surface area contributed by atoms with Crippen LogP contribution in [-0.2, 0) is 6.18 Å². The Morgan fingerprint density at radius 1 is 1.13 bits per heavy atom. The maximum Gasteiger partial charge on any atom is 0.433 e. The lowest BCUT2D eigenvalue weighted by molar-refractivity contribution is -0.142. The molecule has 11 heteroatoms. The summed E-state index contributed by atoms with van der Waals surface area (Å²) in [5.74, 6) is 0.116. The largest absolute Gasteiger partial charge is 0.497 e. The van der Waals surface area contributed by atoms with E-state index >= 15 is 0 Å². The second-order valence-corrected chi connectivity index (χ2v) is 9.50. The predicted octanol–water partition coefficient (Wildman–Crippen LogP) is 4.30. The lowest BCUT2D eigenvalue weighted by Gasteiger charge is -2.43. The number of hydrogen-bond acceptors (Lipinski definition) is 6. The molecule has 0 aliphatic carbocycles. The third-order valence-electron chi connectivity index (χ3n) is 7.10. The van der Waals surface area contributed by atoms with Gasteiger partial charge in [0.2, 0.25) is 0 Å². The van der Waals surface area contributed by atoms with E-state index in [2.05, 4.69) is 15.0 Å². The van der Waals surface area contributed by atoms with Gasteiger partial charge in [0.25, 0.3) is 5.91 Å². The van der Waals surface area contributed by atoms with E-state index in [1.165, 1.54) is 7.11 Å². The Balaban J connectivity index is 1.46. The first-order valence-corrected chi connectivity index (χ1v) is 12.5. The average Bonchev–Trinajstić information content (AvgIpc) is 3.37. The summed E-state index contributed by atoms with van der Waals surface area (Å²) >= 11 is 0. The van der Waals surface area contributed by atoms with Crippen molar-refractivity contribution in [3.63, 3.8) is 0 Å². The number of methoxy groups -OCH3 is 1. The lowest BCUT2D eigenvalue weighted by Crippen LogP contribution is -2.55. The quantitative estimate of drug-likeness (QED) is 0.394. The average molecular weight is 540 g/mol. The van der Waals surface area contributed by atoms with Crippen LogP contribution in [-0.4, -0.2) is 74.8 Å². The molecule has 1 fully saturated rings. The molecule has 0 saturated carbocycles. The molecule has 2 atom stereocenters. The molecular weight excluding hydrogens is 511 g/mol. The van der Waals surface area contributed by atoms with Crippen molar-refractivity contribution in [1.29, 1.82) is 0 Å². The molecule has 1 aliphatic heterocycles. The Morgan fingerprint density at radius 2 is 1.85 bits per heavy atom. The van der Waals surface area contributed by atoms with Gasteiger partial charge in [-0.1, -0.05) is 30.3 Å². The van der Waals surface area contributed by atoms with Gasteiger partial charge in [0.05, 0.1) is 31.6 Å². The molecule has 1 aliphatic rings. The van der Waals surface area contributed by atoms with Crippen molar-refractivity contribution in [2.45, 2.75) is 25.2 Å². The van der Waals surface area contributed by atoms with Gasteiger partial charge in [-0.05, 0) is 42.8 Å². The number of aliphatic hydroxyl groups is 1. The molecule has 0 spiro atoms. The first-order valence-electron chi connectivity index (χ1n) is 12.5. The van der Waals surface area contributed by atoms with Crippen LogP contribution in [0, 0.1) is 0 Å². The minimum atomic E-state index is -4.72. The summed E-state index contributed by atoms with van der Waals surface area (Å²) in [4.78, 5) is 21.8. The summed E-state index contributed by atoms with van der Waals surface area (Å²) in [6, 6.07) is 16.6. The fraction of sp³-hybridized carbons (Fsp3) is 0.321. The molecule has 2 aromatic heterocycles. The van der Waals surface area contributed by atoms with Gasteiger partial charge in [-0.15, -0.1) is 0 Å². The SMILES string of the molecule is COc1ccc(-c2cc(C(F)(F)F)n3ncc(C(=O)N4CCN([C@@H](CO)c5ccccc5)C[C@H]4C)c3n2)cc1. The molecule has 0 unspecified atom stereocenters. The number of carbonyl (C=O) groups excluding carboxylic acids is 1. The Bertz CT molecular complexity index is 1460. The Kier molecular flexibility index (Phi) is 7.28. The van der Waals surface area contributed by atoms with Crippen molar-refractivity contribution >= 4 is 11.6 Å². The van der Waals surface area contributed by atoms with Crippen LogP contribution >= 0.6 is 0 Å². The second-order valence-electron chi connectivity index (χ2n) is 9.50. The van der Waals surface area contributed by atoms with Crippen LogP contribution in [0.1, 0.15) is 34.6 Å². The number of rotatable bonds is 6. The van der Waals surface area contributed by atoms with Crippen LogP contribution in [0.25, 0.3) is 16.9 Å². The number of ether oxygens (including phenoxy) is 1. The number of carbonyl (C=O) groups is 1. The fourth-order valence-corrected chi connectivity index (χ4v) is 5.06. The van der Waals surface area contributed by atoms with Crippen LogP contribution in [0.15, 0.2) is 66.9 Å². The molecule has 5 rings (SSSR count). The zero-order valence-corrected chi connectivity index (χ0v) is 21.5. The molecule has 2 aromatic carbocycles. The monoisotopic (exact) mass is 539 g/mol. The van der Waals surface area contributed by atoms with Crippen LogP contribution in [0.4, 0.5) is 13.2 Å². The molecule has 204 valence electrons. The van der Waals surface area contributed by atoms with E-state index in [9.17, 15) is 23.1 Å². The van der Waals surface area contributed by atoms with Gasteiger partial charge in [-0.3, -0.25) is 9.69 Å². The number of aliphatic hydroxyl groups excluding tert-OH is 1. The number of piperazine rings is 1. The summed E-state index contributed by atoms with van der Waals surface area (Å²) in [5.41, 5.74) is 0.305. The number of fused-ring (bicyclic) bond motifs is 1. The topological polar surface area (TPSA) is 83.2 Å². The summed E-state index contributed by atoms with van der Waals surface area (Å²) in [7, 11) is 1.50. The first-order chi connectivity index (χ1) is 18.7. The zero-order chi connectivity index (χ0) is 27.7. The molecule has 8 nitrogen and oxygen atoms in total. The predicted molar refractivity (Wildman–Crippen MR) is 138 cm³/mol. The smallest absolute Gasteiger partial charge is 0.433 e. The van der Waals surface area contributed by atoms with Gasteiger partial charge in [-0.25, -0.2) is 9.50 Å². The van der Waals surface area contributed by atoms with E-state index in [-0.39, 0.29) is 35.6 Å². The molecule has 0 bridgehead atoms. The lowest BCUT2D eigenvalue weighted by atomic mass is 10.0. The summed E-state index contributed by atoms with van der Waals surface area (Å²) in [5, 5.41) is 14.0. The number of halogens is 3. The maximum atomic E-state index is 14.0. The third-order valence-corrected chi connectivity index (χ3v) is 7.10. The summed E-state index contributed by atoms with van der Waals surface area (Å²) in [6.07, 6.45) is -3.57. The van der Waals surface area contributed by atoms with Gasteiger partial charge in [0.1, 0.15) is 11.3 Å². The van der Waals surface area contributed by atoms with Crippen molar-refractivity contribution in [2.24, 2.45) is 0 Å². The van der Waals surface area contributed by atoms with E-state index in [1.54, 1.807) is 29.2 Å². The minimum Gasteiger partial charge on any atom is -0.497 e. The van der Waals surface area contributed by atoms with Gasteiger partial charge >= 0.3 is 6.18 Å². The third kappa shape index (κ3) is 5.19. The van der Waals surface area contributed by atoms with Crippen molar-refractivity contribution in [1.82, 2.24) is 24.4 Å². The molecule has 39 heavy (non-hydrogen) atoms. The van der Waals surface area contributed by atoms with Crippen molar-refractivity contribution in [3.8, 4) is 17.0 Å². The van der Waals surface area contributed by atoms with E-state index in [1.807, 2.05) is 37.3 Å².